The molecule has 7 rings (SSSR count). The van der Waals surface area contributed by atoms with E-state index >= 15 is 4.79 Å². The molecule has 2 aliphatic heterocycles. The molecular weight excluding hydrogens is 875 g/mol. The first-order chi connectivity index (χ1) is 33.8. The van der Waals surface area contributed by atoms with Gasteiger partial charge in [0.05, 0.1) is 30.5 Å². The van der Waals surface area contributed by atoms with Crippen LogP contribution in [0, 0.1) is 24.7 Å². The number of aromatic nitrogens is 1. The van der Waals surface area contributed by atoms with Gasteiger partial charge in [0.2, 0.25) is 12.6 Å². The first-order valence-corrected chi connectivity index (χ1v) is 25.8. The Hall–Kier alpha value is -5.11. The van der Waals surface area contributed by atoms with Gasteiger partial charge in [0, 0.05) is 43.4 Å². The van der Waals surface area contributed by atoms with Gasteiger partial charge in [-0.15, -0.1) is 6.58 Å². The second-order valence-corrected chi connectivity index (χ2v) is 19.1. The number of oxime groups is 1. The van der Waals surface area contributed by atoms with Gasteiger partial charge >= 0.3 is 6.09 Å². The number of allylic oxidation sites excluding steroid dienone is 1. The number of amides is 1. The summed E-state index contributed by atoms with van der Waals surface area (Å²) in [7, 11) is 1.56. The molecule has 0 radical (unpaired) electrons. The Labute approximate surface area is 410 Å². The number of nitrogens with zero attached hydrogens (tertiary/aromatic N) is 3. The van der Waals surface area contributed by atoms with Gasteiger partial charge in [0.1, 0.15) is 31.3 Å². The van der Waals surface area contributed by atoms with Crippen LogP contribution in [0.3, 0.4) is 0 Å². The van der Waals surface area contributed by atoms with Gasteiger partial charge in [-0.3, -0.25) is 9.88 Å². The molecular formula is C56H77N3O10. The monoisotopic (exact) mass is 952 g/mol. The van der Waals surface area contributed by atoms with Gasteiger partial charge in [-0.2, -0.15) is 0 Å². The lowest BCUT2D eigenvalue weighted by Gasteiger charge is -2.59. The number of aryl methyl sites for hydroxylation is 1. The van der Waals surface area contributed by atoms with E-state index in [1.54, 1.807) is 18.1 Å². The summed E-state index contributed by atoms with van der Waals surface area (Å²) in [6.07, 6.45) is 20.2. The van der Waals surface area contributed by atoms with Crippen molar-refractivity contribution in [3.05, 3.63) is 101 Å². The molecule has 0 spiro atoms. The number of aliphatic hydroxyl groups excluding tert-OH is 2. The van der Waals surface area contributed by atoms with Crippen LogP contribution in [0.5, 0.6) is 23.0 Å². The van der Waals surface area contributed by atoms with Crippen molar-refractivity contribution in [2.45, 2.75) is 154 Å². The Morgan fingerprint density at radius 2 is 1.64 bits per heavy atom. The third-order valence-electron chi connectivity index (χ3n) is 14.3. The molecule has 3 heterocycles. The van der Waals surface area contributed by atoms with E-state index < -0.39 is 23.8 Å². The third kappa shape index (κ3) is 13.0. The van der Waals surface area contributed by atoms with Crippen molar-refractivity contribution in [2.24, 2.45) is 22.9 Å². The zero-order valence-corrected chi connectivity index (χ0v) is 41.4. The molecule has 376 valence electrons. The van der Waals surface area contributed by atoms with Crippen molar-refractivity contribution >= 4 is 11.8 Å². The largest absolute Gasteiger partial charge is 0.487 e. The van der Waals surface area contributed by atoms with Crippen molar-refractivity contribution in [1.29, 1.82) is 0 Å². The fraction of sp³-hybridized carbons (Fsp3) is 0.589. The Balaban J connectivity index is 1.29. The number of ether oxygens (including phenoxy) is 6. The number of fused-ring (bicyclic) bond motifs is 3. The van der Waals surface area contributed by atoms with Gasteiger partial charge < -0.3 is 43.5 Å². The van der Waals surface area contributed by atoms with Gasteiger partial charge in [-0.1, -0.05) is 107 Å². The van der Waals surface area contributed by atoms with E-state index in [4.69, 9.17) is 38.4 Å². The van der Waals surface area contributed by atoms with Crippen molar-refractivity contribution in [2.75, 3.05) is 40.3 Å². The highest BCUT2D eigenvalue weighted by atomic mass is 16.7. The van der Waals surface area contributed by atoms with Gasteiger partial charge in [0.15, 0.2) is 11.5 Å². The van der Waals surface area contributed by atoms with E-state index in [9.17, 15) is 10.2 Å². The Morgan fingerprint density at radius 3 is 2.38 bits per heavy atom. The SMILES string of the molecule is C=CCOC12Oc3ccc(OCc4cccc(C)n4)cc3C3C(CCCCO)C(CCCCO)C=C(C(=NOC)CC1N(Cc1ccc4c(c1)OCO4)C(=O)OCCCCCCCCCCCC)C32. The lowest BCUT2D eigenvalue weighted by Crippen LogP contribution is -2.70. The Morgan fingerprint density at radius 1 is 0.899 bits per heavy atom. The first kappa shape index (κ1) is 51.7. The molecule has 6 unspecified atom stereocenters. The van der Waals surface area contributed by atoms with Crippen LogP contribution in [0.4, 0.5) is 4.79 Å². The fourth-order valence-electron chi connectivity index (χ4n) is 11.1. The van der Waals surface area contributed by atoms with Crippen LogP contribution in [0.1, 0.15) is 145 Å². The molecule has 13 nitrogen and oxygen atoms in total. The molecule has 13 heteroatoms. The topological polar surface area (TPSA) is 151 Å². The van der Waals surface area contributed by atoms with Crippen molar-refractivity contribution in [3.8, 4) is 23.0 Å². The molecule has 2 aromatic carbocycles. The van der Waals surface area contributed by atoms with Crippen LogP contribution >= 0.6 is 0 Å². The second kappa shape index (κ2) is 26.2. The molecule has 1 saturated carbocycles. The molecule has 0 bridgehead atoms. The van der Waals surface area contributed by atoms with Crippen LogP contribution < -0.4 is 18.9 Å². The van der Waals surface area contributed by atoms with Crippen LogP contribution in [-0.2, 0) is 27.5 Å². The highest BCUT2D eigenvalue weighted by molar-refractivity contribution is 6.03. The van der Waals surface area contributed by atoms with E-state index in [0.717, 1.165) is 73.0 Å². The number of aliphatic hydroxyl groups is 2. The van der Waals surface area contributed by atoms with Crippen LogP contribution in [0.15, 0.2) is 84.1 Å². The zero-order valence-electron chi connectivity index (χ0n) is 41.4. The van der Waals surface area contributed by atoms with Crippen LogP contribution in [0.25, 0.3) is 0 Å². The molecule has 2 aliphatic carbocycles. The molecule has 3 aromatic rings. The molecule has 1 amide bonds. The number of hydrogen-bond acceptors (Lipinski definition) is 12. The van der Waals surface area contributed by atoms with E-state index in [-0.39, 0.29) is 63.9 Å². The maximum atomic E-state index is 15.0. The number of carbonyl (C=O) groups is 1. The smallest absolute Gasteiger partial charge is 0.410 e. The van der Waals surface area contributed by atoms with E-state index in [1.165, 1.54) is 44.9 Å². The predicted molar refractivity (Wildman–Crippen MR) is 267 cm³/mol. The minimum Gasteiger partial charge on any atom is -0.487 e. The van der Waals surface area contributed by atoms with E-state index in [1.807, 2.05) is 55.5 Å². The summed E-state index contributed by atoms with van der Waals surface area (Å²) in [5, 5.41) is 24.8. The lowest BCUT2D eigenvalue weighted by atomic mass is 9.55. The summed E-state index contributed by atoms with van der Waals surface area (Å²) < 4.78 is 38.9. The van der Waals surface area contributed by atoms with E-state index in [2.05, 4.69) is 30.6 Å². The maximum absolute atomic E-state index is 15.0. The fourth-order valence-corrected chi connectivity index (χ4v) is 11.1. The Bertz CT molecular complexity index is 2180. The Kier molecular flexibility index (Phi) is 19.6. The molecule has 0 saturated heterocycles. The summed E-state index contributed by atoms with van der Waals surface area (Å²) in [5.74, 6) is 0.594. The summed E-state index contributed by atoms with van der Waals surface area (Å²) in [4.78, 5) is 27.2. The standard InChI is InChI=1S/C56H77N3O10/c1-5-7-8-9-10-11-12-13-14-19-32-64-55(62)59(37-41-25-27-50-51(33-41)67-39-66-50)52-36-48(58-63-4)46-34-42(22-15-17-29-60)45(24-16-18-30-61)53-47-35-44(65-38-43-23-20-21-40(3)57-43)26-28-49(47)69-56(52,54(46)53)68-31-6-2/h6,20-21,23,25-28,33-35,42,45,52-54,60-61H,2,5,7-19,22,24,29-32,36-39H2,1,3-4H3. The summed E-state index contributed by atoms with van der Waals surface area (Å²) in [6, 6.07) is 16.9. The van der Waals surface area contributed by atoms with Crippen LogP contribution in [0.2, 0.25) is 0 Å². The number of carbonyl (C=O) groups excluding carboxylic acids is 1. The summed E-state index contributed by atoms with van der Waals surface area (Å²) in [6.45, 7) is 9.51. The highest BCUT2D eigenvalue weighted by Gasteiger charge is 2.65. The average Bonchev–Trinajstić information content (AvgIpc) is 3.83. The second-order valence-electron chi connectivity index (χ2n) is 19.1. The quantitative estimate of drug-likeness (QED) is 0.0389. The van der Waals surface area contributed by atoms with Crippen molar-refractivity contribution in [1.82, 2.24) is 9.88 Å². The summed E-state index contributed by atoms with van der Waals surface area (Å²) >= 11 is 0. The number of benzene rings is 2. The molecule has 6 atom stereocenters. The van der Waals surface area contributed by atoms with Crippen LogP contribution in [-0.4, -0.2) is 84.1 Å². The van der Waals surface area contributed by atoms with Gasteiger partial charge in [-0.25, -0.2) is 4.79 Å². The lowest BCUT2D eigenvalue weighted by molar-refractivity contribution is -0.256. The van der Waals surface area contributed by atoms with Crippen molar-refractivity contribution in [3.63, 3.8) is 0 Å². The number of unbranched alkanes of at least 4 members (excludes halogenated alkanes) is 11. The first-order valence-electron chi connectivity index (χ1n) is 25.8. The normalized spacial score (nSPS) is 22.5. The highest BCUT2D eigenvalue weighted by Crippen LogP contribution is 2.62. The zero-order chi connectivity index (χ0) is 48.4. The van der Waals surface area contributed by atoms with Crippen molar-refractivity contribution < 1.29 is 48.3 Å². The third-order valence-corrected chi connectivity index (χ3v) is 14.3. The van der Waals surface area contributed by atoms with Gasteiger partial charge in [-0.05, 0) is 104 Å². The average molecular weight is 952 g/mol. The number of hydrogen-bond donors (Lipinski definition) is 2. The molecule has 69 heavy (non-hydrogen) atoms. The minimum absolute atomic E-state index is 0.0557. The molecule has 1 fully saturated rings. The number of rotatable bonds is 29. The minimum atomic E-state index is -1.45. The van der Waals surface area contributed by atoms with Gasteiger partial charge in [0.25, 0.3) is 0 Å². The number of pyridine rings is 1. The maximum Gasteiger partial charge on any atom is 0.410 e. The molecule has 1 aromatic heterocycles. The molecule has 2 N–H and O–H groups in total. The molecule has 4 aliphatic rings. The van der Waals surface area contributed by atoms with E-state index in [0.29, 0.717) is 48.2 Å². The predicted octanol–water partition coefficient (Wildman–Crippen LogP) is 11.5. The summed E-state index contributed by atoms with van der Waals surface area (Å²) in [5.41, 5.74) is 5.21.